The zero-order chi connectivity index (χ0) is 35.6. The van der Waals surface area contributed by atoms with Crippen LogP contribution in [0.2, 0.25) is 0 Å². The Morgan fingerprint density at radius 1 is 0.457 bits per heavy atom. The van der Waals surface area contributed by atoms with Gasteiger partial charge in [0, 0.05) is 0 Å². The molecule has 46 heavy (non-hydrogen) atoms. The van der Waals surface area contributed by atoms with Gasteiger partial charge in [-0.2, -0.15) is 0 Å². The molecule has 0 rings (SSSR count). The van der Waals surface area contributed by atoms with Crippen molar-refractivity contribution in [3.05, 3.63) is 0 Å². The Labute approximate surface area is 259 Å². The molecular weight excluding hydrogens is 626 g/mol. The first-order valence-electron chi connectivity index (χ1n) is 13.4. The minimum atomic E-state index is -2.12. The average molecular weight is 664 g/mol. The van der Waals surface area contributed by atoms with Crippen LogP contribution < -0.4 is 38.1 Å². The van der Waals surface area contributed by atoms with Gasteiger partial charge < -0.3 is 63.6 Å². The Bertz CT molecular complexity index is 1180. The molecule has 258 valence electrons. The molecule has 0 aromatic carbocycles. The Balaban J connectivity index is 6.06. The Kier molecular flexibility index (Phi) is 18.1. The fourth-order valence-corrected chi connectivity index (χ4v) is 3.63. The number of carbonyl (C=O) groups excluding carboxylic acids is 5. The van der Waals surface area contributed by atoms with E-state index in [1.807, 2.05) is 21.3 Å². The van der Waals surface area contributed by atoms with Gasteiger partial charge in [-0.3, -0.25) is 43.2 Å². The molecule has 0 saturated heterocycles. The fourth-order valence-electron chi connectivity index (χ4n) is 3.63. The second-order valence-corrected chi connectivity index (χ2v) is 9.58. The molecule has 22 nitrogen and oxygen atoms in total. The number of carboxylic acids is 5. The first kappa shape index (κ1) is 40.6. The molecule has 0 heterocycles. The van der Waals surface area contributed by atoms with E-state index in [4.69, 9.17) is 16.6 Å². The summed E-state index contributed by atoms with van der Waals surface area (Å²) in [5.74, 6) is -14.7. The van der Waals surface area contributed by atoms with E-state index in [0.717, 1.165) is 0 Å². The summed E-state index contributed by atoms with van der Waals surface area (Å²) in [6.45, 7) is -0.444. The maximum atomic E-state index is 13.0. The highest BCUT2D eigenvalue weighted by Crippen LogP contribution is 2.05. The summed E-state index contributed by atoms with van der Waals surface area (Å²) >= 11 is 0. The van der Waals surface area contributed by atoms with Crippen molar-refractivity contribution < 1.29 is 73.5 Å². The van der Waals surface area contributed by atoms with Gasteiger partial charge in [0.1, 0.15) is 30.2 Å². The third-order valence-corrected chi connectivity index (χ3v) is 5.81. The largest absolute Gasteiger partial charge is 0.481 e. The van der Waals surface area contributed by atoms with Crippen LogP contribution in [-0.2, 0) is 47.9 Å². The molecule has 0 fully saturated rings. The lowest BCUT2D eigenvalue weighted by molar-refractivity contribution is -0.145. The summed E-state index contributed by atoms with van der Waals surface area (Å²) in [5, 5.41) is 55.8. The van der Waals surface area contributed by atoms with Crippen molar-refractivity contribution in [3.8, 4) is 0 Å². The SMILES string of the molecule is NCCCCC(NC(=O)C(CC(=O)O)NC(=O)C(CC(=O)O)NC(=O)C(CC(=O)O)NC(=O)C(CC(=O)O)NC(=O)CN)C(=O)O. The topological polar surface area (TPSA) is 384 Å². The number of unbranched alkanes of at least 4 members (excludes halogenated alkanes) is 1. The quantitative estimate of drug-likeness (QED) is 0.0453. The van der Waals surface area contributed by atoms with Crippen LogP contribution in [0.15, 0.2) is 0 Å². The Hall–Kier alpha value is -5.38. The number of amides is 5. The standard InChI is InChI=1S/C24H37N7O15/c25-4-2-1-3-10(24(45)46)28-21(42)12(6-17(35)36)30-23(44)14(8-19(39)40)31-22(43)13(7-18(37)38)29-20(41)11(5-16(33)34)27-15(32)9-26/h10-14H,1-9,25-26H2,(H,27,32)(H,28,42)(H,29,41)(H,30,44)(H,31,43)(H,33,34)(H,35,36)(H,37,38)(H,39,40)(H,45,46). The summed E-state index contributed by atoms with van der Waals surface area (Å²) in [6.07, 6.45) is -3.97. The smallest absolute Gasteiger partial charge is 0.326 e. The maximum Gasteiger partial charge on any atom is 0.326 e. The van der Waals surface area contributed by atoms with Crippen LogP contribution in [0.4, 0.5) is 0 Å². The van der Waals surface area contributed by atoms with E-state index < -0.39 is 122 Å². The molecule has 5 unspecified atom stereocenters. The highest BCUT2D eigenvalue weighted by molar-refractivity contribution is 5.99. The van der Waals surface area contributed by atoms with Crippen LogP contribution in [0.25, 0.3) is 0 Å². The van der Waals surface area contributed by atoms with Crippen LogP contribution in [0.1, 0.15) is 44.9 Å². The van der Waals surface area contributed by atoms with Crippen LogP contribution in [0.3, 0.4) is 0 Å². The Morgan fingerprint density at radius 2 is 0.761 bits per heavy atom. The lowest BCUT2D eigenvalue weighted by Crippen LogP contribution is -2.59. The van der Waals surface area contributed by atoms with Crippen molar-refractivity contribution in [2.24, 2.45) is 11.5 Å². The molecule has 5 atom stereocenters. The molecule has 5 amide bonds. The monoisotopic (exact) mass is 663 g/mol. The van der Waals surface area contributed by atoms with Crippen LogP contribution in [0.5, 0.6) is 0 Å². The van der Waals surface area contributed by atoms with Crippen molar-refractivity contribution in [3.63, 3.8) is 0 Å². The van der Waals surface area contributed by atoms with Crippen molar-refractivity contribution >= 4 is 59.4 Å². The minimum absolute atomic E-state index is 0.108. The summed E-state index contributed by atoms with van der Waals surface area (Å²) in [6, 6.07) is -9.53. The van der Waals surface area contributed by atoms with E-state index in [-0.39, 0.29) is 19.4 Å². The summed E-state index contributed by atoms with van der Waals surface area (Å²) in [5.41, 5.74) is 10.5. The lowest BCUT2D eigenvalue weighted by atomic mass is 10.1. The highest BCUT2D eigenvalue weighted by Gasteiger charge is 2.35. The zero-order valence-electron chi connectivity index (χ0n) is 24.2. The number of nitrogens with one attached hydrogen (secondary N) is 5. The van der Waals surface area contributed by atoms with Gasteiger partial charge in [-0.15, -0.1) is 0 Å². The molecule has 22 heteroatoms. The molecule has 0 aliphatic carbocycles. The summed E-state index contributed by atoms with van der Waals surface area (Å²) in [7, 11) is 0. The molecular formula is C24H37N7O15. The van der Waals surface area contributed by atoms with Gasteiger partial charge in [-0.25, -0.2) is 4.79 Å². The maximum absolute atomic E-state index is 13.0. The van der Waals surface area contributed by atoms with E-state index in [0.29, 0.717) is 6.42 Å². The van der Waals surface area contributed by atoms with Gasteiger partial charge in [0.15, 0.2) is 0 Å². The molecule has 0 aliphatic heterocycles. The van der Waals surface area contributed by atoms with Gasteiger partial charge >= 0.3 is 29.8 Å². The Morgan fingerprint density at radius 3 is 1.02 bits per heavy atom. The van der Waals surface area contributed by atoms with Crippen molar-refractivity contribution in [2.75, 3.05) is 13.1 Å². The highest BCUT2D eigenvalue weighted by atomic mass is 16.4. The zero-order valence-corrected chi connectivity index (χ0v) is 24.2. The summed E-state index contributed by atoms with van der Waals surface area (Å²) in [4.78, 5) is 120. The van der Waals surface area contributed by atoms with E-state index in [9.17, 15) is 68.4 Å². The molecule has 0 saturated carbocycles. The van der Waals surface area contributed by atoms with Crippen molar-refractivity contribution in [2.45, 2.75) is 75.2 Å². The molecule has 0 radical (unpaired) electrons. The van der Waals surface area contributed by atoms with Crippen LogP contribution >= 0.6 is 0 Å². The third-order valence-electron chi connectivity index (χ3n) is 5.81. The number of rotatable bonds is 23. The second-order valence-electron chi connectivity index (χ2n) is 9.58. The number of nitrogens with two attached hydrogens (primary N) is 2. The second kappa shape index (κ2) is 20.6. The number of hydrogen-bond donors (Lipinski definition) is 12. The van der Waals surface area contributed by atoms with E-state index >= 15 is 0 Å². The number of hydrogen-bond acceptors (Lipinski definition) is 12. The van der Waals surface area contributed by atoms with Gasteiger partial charge in [-0.05, 0) is 25.8 Å². The summed E-state index contributed by atoms with van der Waals surface area (Å²) < 4.78 is 0. The lowest BCUT2D eigenvalue weighted by Gasteiger charge is -2.25. The van der Waals surface area contributed by atoms with Crippen LogP contribution in [-0.4, -0.2) is 128 Å². The first-order chi connectivity index (χ1) is 21.4. The molecule has 0 aromatic heterocycles. The van der Waals surface area contributed by atoms with Crippen molar-refractivity contribution in [1.29, 1.82) is 0 Å². The minimum Gasteiger partial charge on any atom is -0.481 e. The number of aliphatic carboxylic acids is 5. The number of carboxylic acid groups (broad SMARTS) is 5. The third kappa shape index (κ3) is 16.5. The van der Waals surface area contributed by atoms with Gasteiger partial charge in [0.25, 0.3) is 0 Å². The van der Waals surface area contributed by atoms with Gasteiger partial charge in [0.05, 0.1) is 32.2 Å². The molecule has 0 aliphatic rings. The molecule has 14 N–H and O–H groups in total. The van der Waals surface area contributed by atoms with E-state index in [1.165, 1.54) is 0 Å². The predicted molar refractivity (Wildman–Crippen MR) is 148 cm³/mol. The van der Waals surface area contributed by atoms with E-state index in [1.54, 1.807) is 0 Å². The molecule has 0 aromatic rings. The number of carbonyl (C=O) groups is 10. The average Bonchev–Trinajstić information content (AvgIpc) is 2.93. The van der Waals surface area contributed by atoms with Crippen molar-refractivity contribution in [1.82, 2.24) is 26.6 Å². The molecule has 0 bridgehead atoms. The van der Waals surface area contributed by atoms with Crippen LogP contribution in [0, 0.1) is 0 Å². The normalized spacial score (nSPS) is 13.8. The molecule has 0 spiro atoms. The predicted octanol–water partition coefficient (Wildman–Crippen LogP) is -5.52. The van der Waals surface area contributed by atoms with Gasteiger partial charge in [-0.1, -0.05) is 0 Å². The fraction of sp³-hybridized carbons (Fsp3) is 0.583. The van der Waals surface area contributed by atoms with Gasteiger partial charge in [0.2, 0.25) is 29.5 Å². The van der Waals surface area contributed by atoms with E-state index in [2.05, 4.69) is 5.32 Å². The first-order valence-corrected chi connectivity index (χ1v) is 13.4.